The Labute approximate surface area is 222 Å². The van der Waals surface area contributed by atoms with Crippen molar-refractivity contribution in [2.75, 3.05) is 26.2 Å². The van der Waals surface area contributed by atoms with Crippen LogP contribution in [0.3, 0.4) is 0 Å². The number of hydrogen-bond acceptors (Lipinski definition) is 1. The van der Waals surface area contributed by atoms with Crippen molar-refractivity contribution in [1.29, 1.82) is 0 Å². The van der Waals surface area contributed by atoms with Crippen molar-refractivity contribution in [3.8, 4) is 0 Å². The van der Waals surface area contributed by atoms with Crippen molar-refractivity contribution in [2.45, 2.75) is 27.7 Å². The molecule has 0 amide bonds. The molecule has 0 aliphatic carbocycles. The maximum Gasteiger partial charge on any atom is 0.0757 e. The van der Waals surface area contributed by atoms with E-state index in [2.05, 4.69) is 27.7 Å². The fourth-order valence-electron chi connectivity index (χ4n) is 3.86. The average molecular weight is 566 g/mol. The third-order valence-corrected chi connectivity index (χ3v) is 9.66. The zero-order chi connectivity index (χ0) is 21.2. The van der Waals surface area contributed by atoms with Crippen molar-refractivity contribution in [2.24, 2.45) is 0 Å². The first-order valence-corrected chi connectivity index (χ1v) is 12.7. The summed E-state index contributed by atoms with van der Waals surface area (Å²) < 4.78 is 1.28. The summed E-state index contributed by atoms with van der Waals surface area (Å²) in [5.41, 5.74) is 0. The van der Waals surface area contributed by atoms with Gasteiger partial charge in [-0.25, -0.2) is 0 Å². The third kappa shape index (κ3) is 9.14. The molecule has 184 valence electrons. The van der Waals surface area contributed by atoms with E-state index in [0.717, 1.165) is 15.6 Å². The van der Waals surface area contributed by atoms with Crippen LogP contribution < -0.4 is 20.4 Å². The summed E-state index contributed by atoms with van der Waals surface area (Å²) in [7, 11) is -3.13. The molecule has 0 radical (unpaired) electrons. The second-order valence-electron chi connectivity index (χ2n) is 7.39. The van der Waals surface area contributed by atoms with Crippen LogP contribution in [-0.4, -0.2) is 39.0 Å². The van der Waals surface area contributed by atoms with Crippen molar-refractivity contribution >= 4 is 37.4 Å². The molecule has 0 saturated carbocycles. The van der Waals surface area contributed by atoms with E-state index in [4.69, 9.17) is 0 Å². The Morgan fingerprint density at radius 3 is 0.909 bits per heavy atom. The van der Waals surface area contributed by atoms with Gasteiger partial charge in [-0.15, -0.1) is 0 Å². The Bertz CT molecular complexity index is 724. The van der Waals surface area contributed by atoms with Gasteiger partial charge in [-0.1, -0.05) is 107 Å². The Kier molecular flexibility index (Phi) is 20.0. The summed E-state index contributed by atoms with van der Waals surface area (Å²) in [6, 6.07) is 29.3. The monoisotopic (exact) mass is 567 g/mol. The molecule has 0 aliphatic rings. The van der Waals surface area contributed by atoms with Crippen LogP contribution >= 0.6 is 0 Å². The summed E-state index contributed by atoms with van der Waals surface area (Å²) in [6.07, 6.45) is 0. The Hall–Kier alpha value is -1.24. The SMILES string of the molecule is CC[N+](CC)(CC)CC.[Mo].[O-2].[O-2].[O-][Si](c1ccccc1)(c1ccccc1)c1ccccc1.[S-2]. The Morgan fingerprint density at radius 1 is 0.545 bits per heavy atom. The van der Waals surface area contributed by atoms with Crippen LogP contribution in [0, 0.1) is 0 Å². The van der Waals surface area contributed by atoms with Gasteiger partial charge in [0.15, 0.2) is 0 Å². The summed E-state index contributed by atoms with van der Waals surface area (Å²) in [6.45, 7) is 14.2. The van der Waals surface area contributed by atoms with E-state index in [1.54, 1.807) is 0 Å². The van der Waals surface area contributed by atoms with E-state index >= 15 is 0 Å². The van der Waals surface area contributed by atoms with E-state index in [0.29, 0.717) is 0 Å². The molecule has 0 unspecified atom stereocenters. The number of rotatable bonds is 7. The zero-order valence-electron chi connectivity index (χ0n) is 20.0. The average Bonchev–Trinajstić information content (AvgIpc) is 2.82. The normalized spacial score (nSPS) is 10.1. The van der Waals surface area contributed by atoms with Crippen molar-refractivity contribution < 1.29 is 41.3 Å². The minimum atomic E-state index is -3.13. The maximum absolute atomic E-state index is 13.8. The predicted octanol–water partition coefficient (Wildman–Crippen LogP) is 2.65. The fraction of sp³-hybridized carbons (Fsp3) is 0.308. The Morgan fingerprint density at radius 2 is 0.758 bits per heavy atom. The number of nitrogens with zero attached hydrogens (tertiary/aromatic N) is 1. The topological polar surface area (TPSA) is 80.1 Å². The van der Waals surface area contributed by atoms with E-state index < -0.39 is 8.32 Å². The molecule has 0 spiro atoms. The van der Waals surface area contributed by atoms with E-state index in [1.165, 1.54) is 30.7 Å². The minimum Gasteiger partial charge on any atom is -2.00 e. The molecule has 0 N–H and O–H groups in total. The first-order valence-electron chi connectivity index (χ1n) is 10.8. The maximum atomic E-state index is 13.8. The first-order chi connectivity index (χ1) is 14.1. The van der Waals surface area contributed by atoms with Gasteiger partial charge in [0.05, 0.1) is 34.5 Å². The van der Waals surface area contributed by atoms with Gasteiger partial charge in [-0.2, -0.15) is 0 Å². The summed E-state index contributed by atoms with van der Waals surface area (Å²) >= 11 is 0. The van der Waals surface area contributed by atoms with Gasteiger partial charge < -0.3 is 33.7 Å². The van der Waals surface area contributed by atoms with Crippen LogP contribution in [0.1, 0.15) is 27.7 Å². The van der Waals surface area contributed by atoms with Crippen molar-refractivity contribution in [3.05, 3.63) is 91.0 Å². The van der Waals surface area contributed by atoms with Crippen LogP contribution in [-0.2, 0) is 45.5 Å². The molecule has 0 aliphatic heterocycles. The minimum absolute atomic E-state index is 0. The van der Waals surface area contributed by atoms with Crippen LogP contribution in [0.4, 0.5) is 0 Å². The first kappa shape index (κ1) is 36.3. The summed E-state index contributed by atoms with van der Waals surface area (Å²) in [4.78, 5) is 13.8. The molecular weight excluding hydrogens is 530 g/mol. The Balaban J connectivity index is -0.000000608. The second kappa shape index (κ2) is 18.1. The second-order valence-corrected chi connectivity index (χ2v) is 10.5. The molecule has 33 heavy (non-hydrogen) atoms. The molecule has 3 rings (SSSR count). The molecule has 0 atom stereocenters. The number of quaternary nitrogens is 1. The molecular formula is C26H35MoNO3SSi-6. The van der Waals surface area contributed by atoms with Gasteiger partial charge in [0.2, 0.25) is 0 Å². The predicted molar refractivity (Wildman–Crippen MR) is 135 cm³/mol. The molecule has 0 fully saturated rings. The molecule has 7 heteroatoms. The molecule has 0 saturated heterocycles. The van der Waals surface area contributed by atoms with Gasteiger partial charge in [-0.05, 0) is 27.7 Å². The summed E-state index contributed by atoms with van der Waals surface area (Å²) in [5, 5.41) is 2.70. The van der Waals surface area contributed by atoms with Crippen LogP contribution in [0.25, 0.3) is 0 Å². The van der Waals surface area contributed by atoms with Gasteiger partial charge in [-0.3, -0.25) is 0 Å². The van der Waals surface area contributed by atoms with Gasteiger partial charge >= 0.3 is 0 Å². The van der Waals surface area contributed by atoms with E-state index in [9.17, 15) is 4.80 Å². The smallest absolute Gasteiger partial charge is 0.0757 e. The molecule has 0 aromatic heterocycles. The van der Waals surface area contributed by atoms with Crippen LogP contribution in [0.5, 0.6) is 0 Å². The van der Waals surface area contributed by atoms with Crippen LogP contribution in [0.15, 0.2) is 91.0 Å². The fourth-order valence-corrected chi connectivity index (χ4v) is 6.85. The molecule has 3 aromatic carbocycles. The van der Waals surface area contributed by atoms with Crippen LogP contribution in [0.2, 0.25) is 0 Å². The molecule has 0 heterocycles. The van der Waals surface area contributed by atoms with Gasteiger partial charge in [0, 0.05) is 21.1 Å². The third-order valence-electron chi connectivity index (χ3n) is 6.22. The van der Waals surface area contributed by atoms with E-state index in [-0.39, 0.29) is 45.5 Å². The standard InChI is InChI=1S/C18H15OSi.C8H20N.Mo.2O.S/c19-20(16-10-4-1-5-11-16,17-12-6-2-7-13-17)18-14-8-3-9-15-18;1-5-9(6-2,7-3)8-4;;;;/h1-15H;5-8H2,1-4H3;;;;/q-1;+1;;3*-2. The number of hydrogen-bond donors (Lipinski definition) is 0. The largest absolute Gasteiger partial charge is 2.00 e. The zero-order valence-corrected chi connectivity index (χ0v) is 23.8. The summed E-state index contributed by atoms with van der Waals surface area (Å²) in [5.74, 6) is 0. The molecule has 4 nitrogen and oxygen atoms in total. The van der Waals surface area contributed by atoms with Gasteiger partial charge in [0.25, 0.3) is 0 Å². The molecule has 0 bridgehead atoms. The van der Waals surface area contributed by atoms with Crippen molar-refractivity contribution in [1.82, 2.24) is 0 Å². The van der Waals surface area contributed by atoms with E-state index in [1.807, 2.05) is 91.0 Å². The number of benzene rings is 3. The molecule has 3 aromatic rings. The van der Waals surface area contributed by atoms with Crippen molar-refractivity contribution in [3.63, 3.8) is 0 Å². The van der Waals surface area contributed by atoms with Gasteiger partial charge in [0.1, 0.15) is 0 Å². The quantitative estimate of drug-likeness (QED) is 0.247.